The Hall–Kier alpha value is -0.760. The molecule has 0 atom stereocenters. The Kier molecular flexibility index (Phi) is 12.2. The predicted octanol–water partition coefficient (Wildman–Crippen LogP) is 4.55. The number of unbranched alkanes of at least 4 members (excludes halogenated alkanes) is 4. The fourth-order valence-corrected chi connectivity index (χ4v) is 1.58. The highest BCUT2D eigenvalue weighted by Gasteiger charge is 1.98. The number of amides is 1. The number of halogens is 1. The van der Waals surface area contributed by atoms with Gasteiger partial charge in [-0.05, 0) is 18.9 Å². The van der Waals surface area contributed by atoms with E-state index in [4.69, 9.17) is 11.6 Å². The van der Waals surface area contributed by atoms with E-state index >= 15 is 0 Å². The average molecular weight is 272 g/mol. The van der Waals surface area contributed by atoms with Crippen molar-refractivity contribution in [3.8, 4) is 0 Å². The highest BCUT2D eigenvalue weighted by Crippen LogP contribution is 2.05. The van der Waals surface area contributed by atoms with E-state index < -0.39 is 0 Å². The maximum absolute atomic E-state index is 11.4. The lowest BCUT2D eigenvalue weighted by molar-refractivity contribution is -0.121. The Morgan fingerprint density at radius 2 is 1.89 bits per heavy atom. The summed E-state index contributed by atoms with van der Waals surface area (Å²) in [5, 5.41) is 3.69. The largest absolute Gasteiger partial charge is 0.353 e. The van der Waals surface area contributed by atoms with Crippen molar-refractivity contribution in [2.45, 2.75) is 58.8 Å². The molecule has 0 saturated heterocycles. The molecule has 0 heterocycles. The minimum atomic E-state index is 0.140. The van der Waals surface area contributed by atoms with Gasteiger partial charge in [0.1, 0.15) is 0 Å². The van der Waals surface area contributed by atoms with Crippen molar-refractivity contribution < 1.29 is 4.79 Å². The summed E-state index contributed by atoms with van der Waals surface area (Å²) in [6.45, 7) is 4.78. The van der Waals surface area contributed by atoms with E-state index in [1.807, 2.05) is 25.2 Å². The van der Waals surface area contributed by atoms with Crippen LogP contribution in [0, 0.1) is 0 Å². The average Bonchev–Trinajstić information content (AvgIpc) is 2.37. The quantitative estimate of drug-likeness (QED) is 0.458. The molecule has 0 aliphatic carbocycles. The van der Waals surface area contributed by atoms with Gasteiger partial charge in [-0.2, -0.15) is 0 Å². The summed E-state index contributed by atoms with van der Waals surface area (Å²) in [5.41, 5.74) is 0. The van der Waals surface area contributed by atoms with Crippen molar-refractivity contribution in [3.63, 3.8) is 0 Å². The monoisotopic (exact) mass is 271 g/mol. The lowest BCUT2D eigenvalue weighted by Crippen LogP contribution is -2.22. The topological polar surface area (TPSA) is 29.1 Å². The van der Waals surface area contributed by atoms with E-state index in [-0.39, 0.29) is 5.91 Å². The number of hydrogen-bond acceptors (Lipinski definition) is 1. The molecule has 0 fully saturated rings. The summed E-state index contributed by atoms with van der Waals surface area (Å²) in [6.07, 6.45) is 13.0. The molecule has 0 saturated carbocycles. The normalized spacial score (nSPS) is 12.1. The third-order valence-electron chi connectivity index (χ3n) is 2.68. The fraction of sp³-hybridized carbons (Fsp3) is 0.667. The van der Waals surface area contributed by atoms with Gasteiger partial charge in [-0.1, -0.05) is 63.3 Å². The van der Waals surface area contributed by atoms with E-state index in [1.165, 1.54) is 19.3 Å². The van der Waals surface area contributed by atoms with Gasteiger partial charge in [0.25, 0.3) is 0 Å². The van der Waals surface area contributed by atoms with Crippen molar-refractivity contribution >= 4 is 17.5 Å². The van der Waals surface area contributed by atoms with Crippen LogP contribution in [0.4, 0.5) is 0 Å². The van der Waals surface area contributed by atoms with Gasteiger partial charge in [0.2, 0.25) is 5.91 Å². The first kappa shape index (κ1) is 17.2. The van der Waals surface area contributed by atoms with Gasteiger partial charge in [0.05, 0.1) is 0 Å². The molecular formula is C15H26ClNO. The summed E-state index contributed by atoms with van der Waals surface area (Å²) < 4.78 is 0. The molecule has 0 unspecified atom stereocenters. The zero-order valence-electron chi connectivity index (χ0n) is 11.7. The second-order valence-corrected chi connectivity index (χ2v) is 4.85. The molecule has 0 aromatic rings. The van der Waals surface area contributed by atoms with Crippen molar-refractivity contribution in [3.05, 3.63) is 23.3 Å². The molecule has 1 N–H and O–H groups in total. The van der Waals surface area contributed by atoms with Crippen LogP contribution >= 0.6 is 11.6 Å². The van der Waals surface area contributed by atoms with Gasteiger partial charge in [0, 0.05) is 18.0 Å². The van der Waals surface area contributed by atoms with Crippen LogP contribution in [0.5, 0.6) is 0 Å². The Bertz CT molecular complexity index is 272. The first-order valence-corrected chi connectivity index (χ1v) is 7.36. The second kappa shape index (κ2) is 12.7. The van der Waals surface area contributed by atoms with Gasteiger partial charge in [-0.25, -0.2) is 0 Å². The van der Waals surface area contributed by atoms with Crippen LogP contribution in [-0.4, -0.2) is 12.5 Å². The van der Waals surface area contributed by atoms with Crippen LogP contribution < -0.4 is 5.32 Å². The first-order chi connectivity index (χ1) is 8.70. The molecule has 104 valence electrons. The molecular weight excluding hydrogens is 246 g/mol. The standard InChI is InChI=1S/C15H26ClNO/c1-3-5-6-7-8-12-15(18)17-13-10-9-11-14(16)4-2/h9-11H,3-8,12-13H2,1-2H3,(H,17,18)/b10-9-,14-11+. The van der Waals surface area contributed by atoms with Gasteiger partial charge in [-0.15, -0.1) is 0 Å². The van der Waals surface area contributed by atoms with Crippen LogP contribution in [0.1, 0.15) is 58.8 Å². The minimum absolute atomic E-state index is 0.140. The Balaban J connectivity index is 3.47. The lowest BCUT2D eigenvalue weighted by Gasteiger charge is -2.02. The number of allylic oxidation sites excluding steroid dienone is 3. The van der Waals surface area contributed by atoms with Gasteiger partial charge in [-0.3, -0.25) is 4.79 Å². The van der Waals surface area contributed by atoms with Gasteiger partial charge >= 0.3 is 0 Å². The molecule has 0 aliphatic rings. The van der Waals surface area contributed by atoms with Crippen molar-refractivity contribution in [1.82, 2.24) is 5.32 Å². The fourth-order valence-electron chi connectivity index (χ4n) is 1.51. The number of rotatable bonds is 10. The summed E-state index contributed by atoms with van der Waals surface area (Å²) >= 11 is 5.84. The van der Waals surface area contributed by atoms with Crippen LogP contribution in [0.25, 0.3) is 0 Å². The van der Waals surface area contributed by atoms with Crippen LogP contribution in [0.15, 0.2) is 23.3 Å². The maximum atomic E-state index is 11.4. The van der Waals surface area contributed by atoms with E-state index in [2.05, 4.69) is 12.2 Å². The van der Waals surface area contributed by atoms with E-state index in [1.54, 1.807) is 0 Å². The maximum Gasteiger partial charge on any atom is 0.220 e. The smallest absolute Gasteiger partial charge is 0.220 e. The third-order valence-corrected chi connectivity index (χ3v) is 3.07. The van der Waals surface area contributed by atoms with Gasteiger partial charge in [0.15, 0.2) is 0 Å². The number of nitrogens with one attached hydrogen (secondary N) is 1. The molecule has 0 spiro atoms. The molecule has 0 aliphatic heterocycles. The van der Waals surface area contributed by atoms with E-state index in [0.29, 0.717) is 13.0 Å². The Labute approximate surface area is 116 Å². The first-order valence-electron chi connectivity index (χ1n) is 6.98. The summed E-state index contributed by atoms with van der Waals surface area (Å²) in [5.74, 6) is 0.140. The predicted molar refractivity (Wildman–Crippen MR) is 79.8 cm³/mol. The molecule has 0 bridgehead atoms. The Morgan fingerprint density at radius 3 is 2.56 bits per heavy atom. The summed E-state index contributed by atoms with van der Waals surface area (Å²) in [4.78, 5) is 11.4. The lowest BCUT2D eigenvalue weighted by atomic mass is 10.1. The van der Waals surface area contributed by atoms with Crippen molar-refractivity contribution in [1.29, 1.82) is 0 Å². The van der Waals surface area contributed by atoms with Crippen molar-refractivity contribution in [2.24, 2.45) is 0 Å². The van der Waals surface area contributed by atoms with Crippen molar-refractivity contribution in [2.75, 3.05) is 6.54 Å². The third kappa shape index (κ3) is 11.7. The molecule has 3 heteroatoms. The highest BCUT2D eigenvalue weighted by atomic mass is 35.5. The minimum Gasteiger partial charge on any atom is -0.353 e. The summed E-state index contributed by atoms with van der Waals surface area (Å²) in [6, 6.07) is 0. The van der Waals surface area contributed by atoms with Gasteiger partial charge < -0.3 is 5.32 Å². The zero-order valence-corrected chi connectivity index (χ0v) is 12.4. The van der Waals surface area contributed by atoms with Crippen LogP contribution in [0.2, 0.25) is 0 Å². The molecule has 0 aromatic carbocycles. The summed E-state index contributed by atoms with van der Waals surface area (Å²) in [7, 11) is 0. The van der Waals surface area contributed by atoms with Crippen LogP contribution in [-0.2, 0) is 4.79 Å². The molecule has 18 heavy (non-hydrogen) atoms. The molecule has 0 aromatic heterocycles. The van der Waals surface area contributed by atoms with Crippen LogP contribution in [0.3, 0.4) is 0 Å². The highest BCUT2D eigenvalue weighted by molar-refractivity contribution is 6.29. The zero-order chi connectivity index (χ0) is 13.6. The SMILES string of the molecule is CCCCCCCC(=O)NC/C=C\C=C(\Cl)CC. The molecule has 0 rings (SSSR count). The number of carbonyl (C=O) groups is 1. The Morgan fingerprint density at radius 1 is 1.17 bits per heavy atom. The molecule has 2 nitrogen and oxygen atoms in total. The number of carbonyl (C=O) groups excluding carboxylic acids is 1. The van der Waals surface area contributed by atoms with E-state index in [9.17, 15) is 4.79 Å². The van der Waals surface area contributed by atoms with E-state index in [0.717, 1.165) is 24.3 Å². The second-order valence-electron chi connectivity index (χ2n) is 4.36. The molecule has 0 radical (unpaired) electrons. The number of hydrogen-bond donors (Lipinski definition) is 1. The molecule has 1 amide bonds.